The van der Waals surface area contributed by atoms with Crippen molar-refractivity contribution in [2.75, 3.05) is 10.6 Å². The molecule has 1 aromatic heterocycles. The lowest BCUT2D eigenvalue weighted by atomic mass is 10.0. The fraction of sp³-hybridized carbons (Fsp3) is 0.278. The smallest absolute Gasteiger partial charge is 0.262 e. The van der Waals surface area contributed by atoms with E-state index in [-0.39, 0.29) is 23.4 Å². The van der Waals surface area contributed by atoms with Crippen LogP contribution in [0.25, 0.3) is 0 Å². The van der Waals surface area contributed by atoms with Gasteiger partial charge in [-0.3, -0.25) is 14.4 Å². The zero-order chi connectivity index (χ0) is 19.3. The highest BCUT2D eigenvalue weighted by atomic mass is 32.1. The standard InChI is InChI=1S/C18H20FN3O3S/c1-10(2)16(22-17(24)15-5-4-8-26-15)18(25)21-14-9-12(20-11(3)23)6-7-13(14)19/h4-10,16H,1-3H3,(H,20,23)(H,21,25)(H,22,24). The molecule has 1 atom stereocenters. The van der Waals surface area contributed by atoms with Crippen LogP contribution in [0.5, 0.6) is 0 Å². The van der Waals surface area contributed by atoms with E-state index in [0.717, 1.165) is 6.07 Å². The molecule has 0 aliphatic heterocycles. The minimum absolute atomic E-state index is 0.0720. The van der Waals surface area contributed by atoms with Crippen molar-refractivity contribution in [3.05, 3.63) is 46.4 Å². The van der Waals surface area contributed by atoms with Crippen molar-refractivity contribution in [3.63, 3.8) is 0 Å². The third kappa shape index (κ3) is 5.13. The summed E-state index contributed by atoms with van der Waals surface area (Å²) >= 11 is 1.27. The van der Waals surface area contributed by atoms with Crippen LogP contribution in [0.1, 0.15) is 30.4 Å². The number of benzene rings is 1. The van der Waals surface area contributed by atoms with Gasteiger partial charge >= 0.3 is 0 Å². The first-order valence-electron chi connectivity index (χ1n) is 8.00. The van der Waals surface area contributed by atoms with Gasteiger partial charge in [-0.05, 0) is 35.6 Å². The molecule has 0 saturated carbocycles. The molecule has 0 saturated heterocycles. The second-order valence-electron chi connectivity index (χ2n) is 6.04. The van der Waals surface area contributed by atoms with Gasteiger partial charge in [-0.2, -0.15) is 0 Å². The summed E-state index contributed by atoms with van der Waals surface area (Å²) in [5.74, 6) is -2.05. The number of hydrogen-bond acceptors (Lipinski definition) is 4. The Morgan fingerprint density at radius 1 is 1.12 bits per heavy atom. The highest BCUT2D eigenvalue weighted by Gasteiger charge is 2.25. The molecule has 0 aliphatic carbocycles. The van der Waals surface area contributed by atoms with E-state index < -0.39 is 17.8 Å². The molecule has 0 aliphatic rings. The molecule has 138 valence electrons. The maximum atomic E-state index is 14.0. The Morgan fingerprint density at radius 3 is 2.42 bits per heavy atom. The fourth-order valence-corrected chi connectivity index (χ4v) is 2.89. The maximum Gasteiger partial charge on any atom is 0.262 e. The van der Waals surface area contributed by atoms with E-state index in [4.69, 9.17) is 0 Å². The Bertz CT molecular complexity index is 806. The molecule has 26 heavy (non-hydrogen) atoms. The Morgan fingerprint density at radius 2 is 1.85 bits per heavy atom. The lowest BCUT2D eigenvalue weighted by Gasteiger charge is -2.21. The molecule has 3 N–H and O–H groups in total. The number of carbonyl (C=O) groups is 3. The third-order valence-corrected chi connectivity index (χ3v) is 4.39. The molecule has 0 spiro atoms. The van der Waals surface area contributed by atoms with E-state index in [1.165, 1.54) is 30.4 Å². The van der Waals surface area contributed by atoms with Crippen LogP contribution >= 0.6 is 11.3 Å². The molecule has 6 nitrogen and oxygen atoms in total. The fourth-order valence-electron chi connectivity index (χ4n) is 2.27. The zero-order valence-electron chi connectivity index (χ0n) is 14.6. The summed E-state index contributed by atoms with van der Waals surface area (Å²) in [4.78, 5) is 36.4. The van der Waals surface area contributed by atoms with Crippen molar-refractivity contribution in [2.45, 2.75) is 26.8 Å². The van der Waals surface area contributed by atoms with Gasteiger partial charge in [0, 0.05) is 12.6 Å². The lowest BCUT2D eigenvalue weighted by Crippen LogP contribution is -2.47. The molecular weight excluding hydrogens is 357 g/mol. The van der Waals surface area contributed by atoms with Gasteiger partial charge in [-0.1, -0.05) is 19.9 Å². The van der Waals surface area contributed by atoms with E-state index in [1.54, 1.807) is 31.4 Å². The topological polar surface area (TPSA) is 87.3 Å². The van der Waals surface area contributed by atoms with Gasteiger partial charge in [0.15, 0.2) is 0 Å². The van der Waals surface area contributed by atoms with Crippen LogP contribution < -0.4 is 16.0 Å². The van der Waals surface area contributed by atoms with E-state index in [0.29, 0.717) is 10.6 Å². The Labute approximate surface area is 154 Å². The van der Waals surface area contributed by atoms with Crippen LogP contribution in [0, 0.1) is 11.7 Å². The molecule has 2 rings (SSSR count). The van der Waals surface area contributed by atoms with Gasteiger partial charge in [-0.25, -0.2) is 4.39 Å². The van der Waals surface area contributed by atoms with Gasteiger partial charge in [0.05, 0.1) is 10.6 Å². The number of hydrogen-bond donors (Lipinski definition) is 3. The molecule has 3 amide bonds. The van der Waals surface area contributed by atoms with E-state index in [1.807, 2.05) is 0 Å². The first-order chi connectivity index (χ1) is 12.3. The molecule has 0 bridgehead atoms. The average Bonchev–Trinajstić information content (AvgIpc) is 3.09. The van der Waals surface area contributed by atoms with Crippen molar-refractivity contribution in [1.82, 2.24) is 5.32 Å². The summed E-state index contributed by atoms with van der Waals surface area (Å²) in [6.45, 7) is 4.89. The van der Waals surface area contributed by atoms with Crippen molar-refractivity contribution >= 4 is 40.4 Å². The Kier molecular flexibility index (Phi) is 6.46. The predicted molar refractivity (Wildman–Crippen MR) is 99.7 cm³/mol. The molecule has 0 fully saturated rings. The van der Waals surface area contributed by atoms with E-state index >= 15 is 0 Å². The number of halogens is 1. The first-order valence-corrected chi connectivity index (χ1v) is 8.88. The van der Waals surface area contributed by atoms with E-state index in [9.17, 15) is 18.8 Å². The highest BCUT2D eigenvalue weighted by molar-refractivity contribution is 7.12. The highest BCUT2D eigenvalue weighted by Crippen LogP contribution is 2.20. The monoisotopic (exact) mass is 377 g/mol. The summed E-state index contributed by atoms with van der Waals surface area (Å²) in [6, 6.07) is 6.43. The predicted octanol–water partition coefficient (Wildman–Crippen LogP) is 3.24. The largest absolute Gasteiger partial charge is 0.339 e. The zero-order valence-corrected chi connectivity index (χ0v) is 15.4. The normalized spacial score (nSPS) is 11.7. The number of anilines is 2. The Balaban J connectivity index is 2.14. The number of nitrogens with one attached hydrogen (secondary N) is 3. The molecule has 1 aromatic carbocycles. The van der Waals surface area contributed by atoms with Crippen LogP contribution in [0.15, 0.2) is 35.7 Å². The van der Waals surface area contributed by atoms with Crippen molar-refractivity contribution in [2.24, 2.45) is 5.92 Å². The molecule has 1 heterocycles. The summed E-state index contributed by atoms with van der Waals surface area (Å²) < 4.78 is 14.0. The van der Waals surface area contributed by atoms with Crippen LogP contribution in [0.2, 0.25) is 0 Å². The number of carbonyl (C=O) groups excluding carboxylic acids is 3. The maximum absolute atomic E-state index is 14.0. The Hall–Kier alpha value is -2.74. The number of rotatable bonds is 6. The molecule has 1 unspecified atom stereocenters. The summed E-state index contributed by atoms with van der Waals surface area (Å²) in [7, 11) is 0. The van der Waals surface area contributed by atoms with Crippen LogP contribution in [0.3, 0.4) is 0 Å². The summed E-state index contributed by atoms with van der Waals surface area (Å²) in [5.41, 5.74) is 0.287. The molecule has 8 heteroatoms. The van der Waals surface area contributed by atoms with Crippen LogP contribution in [0.4, 0.5) is 15.8 Å². The first kappa shape index (κ1) is 19.6. The number of amides is 3. The SMILES string of the molecule is CC(=O)Nc1ccc(F)c(NC(=O)C(NC(=O)c2cccs2)C(C)C)c1. The van der Waals surface area contributed by atoms with Crippen molar-refractivity contribution in [1.29, 1.82) is 0 Å². The molecule has 0 radical (unpaired) electrons. The number of thiophene rings is 1. The minimum atomic E-state index is -0.839. The third-order valence-electron chi connectivity index (χ3n) is 3.53. The average molecular weight is 377 g/mol. The van der Waals surface area contributed by atoms with Gasteiger partial charge in [0.2, 0.25) is 11.8 Å². The second-order valence-corrected chi connectivity index (χ2v) is 6.99. The van der Waals surface area contributed by atoms with Gasteiger partial charge in [0.25, 0.3) is 5.91 Å². The van der Waals surface area contributed by atoms with Crippen molar-refractivity contribution < 1.29 is 18.8 Å². The van der Waals surface area contributed by atoms with E-state index in [2.05, 4.69) is 16.0 Å². The van der Waals surface area contributed by atoms with Crippen molar-refractivity contribution in [3.8, 4) is 0 Å². The lowest BCUT2D eigenvalue weighted by molar-refractivity contribution is -0.119. The summed E-state index contributed by atoms with van der Waals surface area (Å²) in [6.07, 6.45) is 0. The van der Waals surface area contributed by atoms with Gasteiger partial charge in [0.1, 0.15) is 11.9 Å². The molecule has 2 aromatic rings. The quantitative estimate of drug-likeness (QED) is 0.722. The van der Waals surface area contributed by atoms with Crippen LogP contribution in [-0.4, -0.2) is 23.8 Å². The van der Waals surface area contributed by atoms with Gasteiger partial charge in [-0.15, -0.1) is 11.3 Å². The molecular formula is C18H20FN3O3S. The minimum Gasteiger partial charge on any atom is -0.339 e. The van der Waals surface area contributed by atoms with Crippen LogP contribution in [-0.2, 0) is 9.59 Å². The van der Waals surface area contributed by atoms with Gasteiger partial charge < -0.3 is 16.0 Å². The second kappa shape index (κ2) is 8.57. The summed E-state index contributed by atoms with van der Waals surface area (Å²) in [5, 5.41) is 9.44.